The van der Waals surface area contributed by atoms with Crippen molar-refractivity contribution in [1.82, 2.24) is 4.90 Å². The molecule has 1 atom stereocenters. The van der Waals surface area contributed by atoms with Crippen molar-refractivity contribution in [3.63, 3.8) is 0 Å². The van der Waals surface area contributed by atoms with Crippen molar-refractivity contribution in [3.05, 3.63) is 64.7 Å². The van der Waals surface area contributed by atoms with Crippen LogP contribution in [0.3, 0.4) is 0 Å². The number of benzene rings is 2. The minimum Gasteiger partial charge on any atom is -0.453 e. The van der Waals surface area contributed by atoms with Gasteiger partial charge >= 0.3 is 6.09 Å². The average Bonchev–Trinajstić information content (AvgIpc) is 2.79. The monoisotopic (exact) mass is 352 g/mol. The molecule has 4 heteroatoms. The van der Waals surface area contributed by atoms with Gasteiger partial charge in [-0.2, -0.15) is 0 Å². The Labute approximate surface area is 156 Å². The van der Waals surface area contributed by atoms with Crippen LogP contribution in [0.2, 0.25) is 0 Å². The van der Waals surface area contributed by atoms with Crippen LogP contribution in [0.5, 0.6) is 0 Å². The van der Waals surface area contributed by atoms with E-state index < -0.39 is 6.09 Å². The maximum atomic E-state index is 11.6. The van der Waals surface area contributed by atoms with Gasteiger partial charge in [-0.05, 0) is 80.7 Å². The van der Waals surface area contributed by atoms with Crippen LogP contribution in [0.1, 0.15) is 41.0 Å². The first-order valence-electron chi connectivity index (χ1n) is 9.29. The van der Waals surface area contributed by atoms with Crippen LogP contribution in [0.4, 0.5) is 10.5 Å². The average molecular weight is 352 g/mol. The summed E-state index contributed by atoms with van der Waals surface area (Å²) in [5.41, 5.74) is 6.39. The number of hydrogen-bond acceptors (Lipinski definition) is 3. The third-order valence-corrected chi connectivity index (χ3v) is 5.15. The summed E-state index contributed by atoms with van der Waals surface area (Å²) < 4.78 is 4.74. The summed E-state index contributed by atoms with van der Waals surface area (Å²) in [5.74, 6) is 0.364. The molecule has 2 aromatic rings. The summed E-state index contributed by atoms with van der Waals surface area (Å²) in [4.78, 5) is 13.8. The number of rotatable bonds is 5. The number of amides is 1. The molecule has 2 aromatic carbocycles. The second-order valence-electron chi connectivity index (χ2n) is 7.23. The molecule has 0 heterocycles. The standard InChI is InChI=1S/C22H28N2O2/c1-24(2)14-6-9-20-19-8-5-4-7-16(19)10-11-17-12-13-18(15-21(17)20)23-22(25)26-3/h4-5,7-8,12-13,15,20H,6,9-11,14H2,1-3H3,(H,23,25). The highest BCUT2D eigenvalue weighted by Gasteiger charge is 2.23. The Bertz CT molecular complexity index is 770. The largest absolute Gasteiger partial charge is 0.453 e. The second kappa shape index (κ2) is 8.37. The molecule has 1 unspecified atom stereocenters. The summed E-state index contributed by atoms with van der Waals surface area (Å²) in [7, 11) is 5.62. The molecular formula is C22H28N2O2. The quantitative estimate of drug-likeness (QED) is 0.865. The van der Waals surface area contributed by atoms with Crippen molar-refractivity contribution in [1.29, 1.82) is 0 Å². The van der Waals surface area contributed by atoms with Crippen LogP contribution >= 0.6 is 0 Å². The van der Waals surface area contributed by atoms with E-state index in [1.54, 1.807) is 0 Å². The van der Waals surface area contributed by atoms with Gasteiger partial charge in [0.05, 0.1) is 7.11 Å². The number of carbonyl (C=O) groups excluding carboxylic acids is 1. The van der Waals surface area contributed by atoms with Gasteiger partial charge in [0.1, 0.15) is 0 Å². The van der Waals surface area contributed by atoms with Crippen LogP contribution in [0, 0.1) is 0 Å². The number of aryl methyl sites for hydroxylation is 2. The first kappa shape index (κ1) is 18.5. The van der Waals surface area contributed by atoms with Crippen LogP contribution in [0.25, 0.3) is 0 Å². The summed E-state index contributed by atoms with van der Waals surface area (Å²) in [6.07, 6.45) is 3.92. The molecule has 26 heavy (non-hydrogen) atoms. The topological polar surface area (TPSA) is 41.6 Å². The van der Waals surface area contributed by atoms with Gasteiger partial charge in [0, 0.05) is 11.6 Å². The molecule has 138 valence electrons. The van der Waals surface area contributed by atoms with E-state index in [0.29, 0.717) is 5.92 Å². The fraction of sp³-hybridized carbons (Fsp3) is 0.409. The molecule has 1 amide bonds. The maximum absolute atomic E-state index is 11.6. The fourth-order valence-corrected chi connectivity index (χ4v) is 3.85. The molecule has 1 aliphatic carbocycles. The van der Waals surface area contributed by atoms with E-state index >= 15 is 0 Å². The van der Waals surface area contributed by atoms with Gasteiger partial charge in [-0.1, -0.05) is 30.3 Å². The number of methoxy groups -OCH3 is 1. The molecule has 3 rings (SSSR count). The zero-order valence-corrected chi connectivity index (χ0v) is 15.9. The number of fused-ring (bicyclic) bond motifs is 2. The Morgan fingerprint density at radius 3 is 2.58 bits per heavy atom. The SMILES string of the molecule is COC(=O)Nc1ccc2c(c1)C(CCCN(C)C)c1ccccc1CC2. The number of nitrogens with zero attached hydrogens (tertiary/aromatic N) is 1. The molecule has 0 radical (unpaired) electrons. The molecular weight excluding hydrogens is 324 g/mol. The van der Waals surface area contributed by atoms with Crippen LogP contribution in [-0.4, -0.2) is 38.7 Å². The molecule has 0 aromatic heterocycles. The van der Waals surface area contributed by atoms with Crippen molar-refractivity contribution in [2.24, 2.45) is 0 Å². The van der Waals surface area contributed by atoms with Crippen LogP contribution < -0.4 is 5.32 Å². The Kier molecular flexibility index (Phi) is 5.94. The van der Waals surface area contributed by atoms with E-state index in [0.717, 1.165) is 37.9 Å². The maximum Gasteiger partial charge on any atom is 0.411 e. The number of carbonyl (C=O) groups is 1. The molecule has 0 bridgehead atoms. The molecule has 0 spiro atoms. The summed E-state index contributed by atoms with van der Waals surface area (Å²) in [6.45, 7) is 1.08. The second-order valence-corrected chi connectivity index (χ2v) is 7.23. The van der Waals surface area contributed by atoms with E-state index in [-0.39, 0.29) is 0 Å². The summed E-state index contributed by atoms with van der Waals surface area (Å²) in [5, 5.41) is 2.81. The number of anilines is 1. The first-order chi connectivity index (χ1) is 12.6. The highest BCUT2D eigenvalue weighted by Crippen LogP contribution is 2.38. The van der Waals surface area contributed by atoms with Crippen LogP contribution in [0.15, 0.2) is 42.5 Å². The van der Waals surface area contributed by atoms with Crippen molar-refractivity contribution < 1.29 is 9.53 Å². The summed E-state index contributed by atoms with van der Waals surface area (Å²) in [6, 6.07) is 15.1. The van der Waals surface area contributed by atoms with Crippen LogP contribution in [-0.2, 0) is 17.6 Å². The predicted molar refractivity (Wildman–Crippen MR) is 106 cm³/mol. The predicted octanol–water partition coefficient (Wildman–Crippen LogP) is 4.44. The molecule has 1 N–H and O–H groups in total. The van der Waals surface area contributed by atoms with Gasteiger partial charge in [0.15, 0.2) is 0 Å². The molecule has 0 saturated heterocycles. The molecule has 0 aliphatic heterocycles. The van der Waals surface area contributed by atoms with E-state index in [9.17, 15) is 4.79 Å². The number of hydrogen-bond donors (Lipinski definition) is 1. The van der Waals surface area contributed by atoms with Gasteiger partial charge in [-0.15, -0.1) is 0 Å². The van der Waals surface area contributed by atoms with Gasteiger partial charge in [0.25, 0.3) is 0 Å². The number of nitrogens with one attached hydrogen (secondary N) is 1. The highest BCUT2D eigenvalue weighted by molar-refractivity contribution is 5.84. The lowest BCUT2D eigenvalue weighted by molar-refractivity contribution is 0.187. The first-order valence-corrected chi connectivity index (χ1v) is 9.29. The third kappa shape index (κ3) is 4.25. The highest BCUT2D eigenvalue weighted by atomic mass is 16.5. The van der Waals surface area contributed by atoms with Crippen molar-refractivity contribution in [2.45, 2.75) is 31.6 Å². The van der Waals surface area contributed by atoms with E-state index in [1.165, 1.54) is 29.4 Å². The normalized spacial score (nSPS) is 15.8. The smallest absolute Gasteiger partial charge is 0.411 e. The summed E-state index contributed by atoms with van der Waals surface area (Å²) >= 11 is 0. The van der Waals surface area contributed by atoms with Crippen molar-refractivity contribution in [2.75, 3.05) is 33.1 Å². The molecule has 0 fully saturated rings. The Morgan fingerprint density at radius 1 is 1.12 bits per heavy atom. The molecule has 1 aliphatic rings. The minimum absolute atomic E-state index is 0.364. The zero-order valence-electron chi connectivity index (χ0n) is 15.9. The van der Waals surface area contributed by atoms with Gasteiger partial charge in [-0.25, -0.2) is 4.79 Å². The van der Waals surface area contributed by atoms with Crippen molar-refractivity contribution in [3.8, 4) is 0 Å². The lowest BCUT2D eigenvalue weighted by Crippen LogP contribution is -2.15. The van der Waals surface area contributed by atoms with E-state index in [2.05, 4.69) is 60.7 Å². The van der Waals surface area contributed by atoms with Crippen molar-refractivity contribution >= 4 is 11.8 Å². The third-order valence-electron chi connectivity index (χ3n) is 5.15. The lowest BCUT2D eigenvalue weighted by atomic mass is 9.84. The Morgan fingerprint density at radius 2 is 1.85 bits per heavy atom. The minimum atomic E-state index is -0.428. The molecule has 0 saturated carbocycles. The van der Waals surface area contributed by atoms with E-state index in [1.807, 2.05) is 6.07 Å². The zero-order chi connectivity index (χ0) is 18.5. The Hall–Kier alpha value is -2.33. The lowest BCUT2D eigenvalue weighted by Gasteiger charge is -2.22. The number of ether oxygens (including phenoxy) is 1. The fourth-order valence-electron chi connectivity index (χ4n) is 3.85. The van der Waals surface area contributed by atoms with Gasteiger partial charge in [-0.3, -0.25) is 5.32 Å². The van der Waals surface area contributed by atoms with E-state index in [4.69, 9.17) is 4.74 Å². The van der Waals surface area contributed by atoms with Gasteiger partial charge in [0.2, 0.25) is 0 Å². The van der Waals surface area contributed by atoms with Gasteiger partial charge < -0.3 is 9.64 Å². The molecule has 4 nitrogen and oxygen atoms in total. The Balaban J connectivity index is 1.96.